The van der Waals surface area contributed by atoms with Crippen molar-refractivity contribution >= 4 is 22.7 Å². The molecule has 7 heteroatoms. The molecular formula is C13H23NO5S. The zero-order chi connectivity index (χ0) is 15.7. The van der Waals surface area contributed by atoms with E-state index in [4.69, 9.17) is 9.84 Å². The monoisotopic (exact) mass is 305 g/mol. The van der Waals surface area contributed by atoms with Gasteiger partial charge in [-0.05, 0) is 34.1 Å². The summed E-state index contributed by atoms with van der Waals surface area (Å²) in [5.41, 5.74) is -0.954. The molecule has 1 aliphatic rings. The van der Waals surface area contributed by atoms with Crippen molar-refractivity contribution in [3.8, 4) is 0 Å². The minimum atomic E-state index is -1.40. The standard InChI is InChI=1S/C13H23NO5S/c1-8(15)14-9(11(16)17)7-20(18)10-6-12(2,3)19-13(10,4)5/h9-10H,6-7H2,1-5H3,(H,14,15)(H,16,17)/t9-,10?,20?/m0/s1. The van der Waals surface area contributed by atoms with Crippen LogP contribution in [0.15, 0.2) is 0 Å². The van der Waals surface area contributed by atoms with Crippen LogP contribution in [0.4, 0.5) is 0 Å². The van der Waals surface area contributed by atoms with Crippen LogP contribution in [0.1, 0.15) is 41.0 Å². The van der Waals surface area contributed by atoms with E-state index in [0.29, 0.717) is 6.42 Å². The van der Waals surface area contributed by atoms with Crippen LogP contribution in [0.3, 0.4) is 0 Å². The molecule has 0 bridgehead atoms. The number of carboxylic acid groups (broad SMARTS) is 1. The van der Waals surface area contributed by atoms with E-state index in [-0.39, 0.29) is 16.6 Å². The molecule has 2 N–H and O–H groups in total. The molecule has 1 rings (SSSR count). The molecule has 116 valence electrons. The number of carbonyl (C=O) groups excluding carboxylic acids is 1. The van der Waals surface area contributed by atoms with E-state index < -0.39 is 34.3 Å². The van der Waals surface area contributed by atoms with Gasteiger partial charge in [-0.25, -0.2) is 4.79 Å². The lowest BCUT2D eigenvalue weighted by molar-refractivity contribution is -0.140. The summed E-state index contributed by atoms with van der Waals surface area (Å²) in [7, 11) is -1.40. The van der Waals surface area contributed by atoms with Crippen LogP contribution in [-0.2, 0) is 25.1 Å². The van der Waals surface area contributed by atoms with E-state index in [2.05, 4.69) is 5.32 Å². The highest BCUT2D eigenvalue weighted by Crippen LogP contribution is 2.40. The van der Waals surface area contributed by atoms with Gasteiger partial charge in [0.25, 0.3) is 0 Å². The maximum atomic E-state index is 12.5. The predicted octanol–water partition coefficient (Wildman–Crippen LogP) is 0.671. The molecule has 1 saturated heterocycles. The molecule has 0 aliphatic carbocycles. The number of carboxylic acids is 1. The van der Waals surface area contributed by atoms with Gasteiger partial charge in [0.05, 0.1) is 22.2 Å². The zero-order valence-electron chi connectivity index (χ0n) is 12.6. The average molecular weight is 305 g/mol. The summed E-state index contributed by atoms with van der Waals surface area (Å²) in [6.07, 6.45) is 0.596. The van der Waals surface area contributed by atoms with Crippen molar-refractivity contribution in [3.05, 3.63) is 0 Å². The van der Waals surface area contributed by atoms with E-state index in [1.54, 1.807) is 0 Å². The van der Waals surface area contributed by atoms with E-state index in [9.17, 15) is 13.8 Å². The summed E-state index contributed by atoms with van der Waals surface area (Å²) in [6, 6.07) is -1.13. The van der Waals surface area contributed by atoms with Gasteiger partial charge in [0.1, 0.15) is 6.04 Å². The average Bonchev–Trinajstić information content (AvgIpc) is 2.44. The first-order valence-corrected chi connectivity index (χ1v) is 7.90. The molecule has 2 unspecified atom stereocenters. The summed E-state index contributed by atoms with van der Waals surface area (Å²) in [6.45, 7) is 8.81. The fourth-order valence-corrected chi connectivity index (χ4v) is 4.68. The SMILES string of the molecule is CC(=O)N[C@@H](CS(=O)C1CC(C)(C)OC1(C)C)C(=O)O. The molecule has 0 aromatic rings. The normalized spacial score (nSPS) is 26.8. The summed E-state index contributed by atoms with van der Waals surface area (Å²) in [5.74, 6) is -1.73. The van der Waals surface area contributed by atoms with Crippen LogP contribution >= 0.6 is 0 Å². The van der Waals surface area contributed by atoms with E-state index in [0.717, 1.165) is 0 Å². The van der Waals surface area contributed by atoms with Gasteiger partial charge >= 0.3 is 5.97 Å². The van der Waals surface area contributed by atoms with Gasteiger partial charge in [-0.3, -0.25) is 9.00 Å². The van der Waals surface area contributed by atoms with E-state index in [1.807, 2.05) is 27.7 Å². The van der Waals surface area contributed by atoms with Gasteiger partial charge < -0.3 is 15.2 Å². The lowest BCUT2D eigenvalue weighted by Gasteiger charge is -2.27. The third kappa shape index (κ3) is 4.28. The second-order valence-corrected chi connectivity index (χ2v) is 7.96. The fourth-order valence-electron chi connectivity index (χ4n) is 2.62. The number of amides is 1. The number of ether oxygens (including phenoxy) is 1. The summed E-state index contributed by atoms with van der Waals surface area (Å²) in [4.78, 5) is 22.1. The molecule has 0 saturated carbocycles. The maximum Gasteiger partial charge on any atom is 0.327 e. The van der Waals surface area contributed by atoms with Crippen molar-refractivity contribution in [1.82, 2.24) is 5.32 Å². The summed E-state index contributed by atoms with van der Waals surface area (Å²) in [5, 5.41) is 11.1. The third-order valence-electron chi connectivity index (χ3n) is 3.32. The van der Waals surface area contributed by atoms with E-state index >= 15 is 0 Å². The van der Waals surface area contributed by atoms with Crippen molar-refractivity contribution in [1.29, 1.82) is 0 Å². The molecule has 0 aromatic heterocycles. The summed E-state index contributed by atoms with van der Waals surface area (Å²) >= 11 is 0. The maximum absolute atomic E-state index is 12.5. The second kappa shape index (κ2) is 5.81. The van der Waals surface area contributed by atoms with Gasteiger partial charge in [-0.2, -0.15) is 0 Å². The Hall–Kier alpha value is -0.950. The number of hydrogen-bond acceptors (Lipinski definition) is 4. The molecule has 1 fully saturated rings. The molecule has 0 aromatic carbocycles. The first-order valence-electron chi connectivity index (χ1n) is 6.52. The van der Waals surface area contributed by atoms with Gasteiger partial charge in [-0.15, -0.1) is 0 Å². The van der Waals surface area contributed by atoms with Crippen LogP contribution in [0.25, 0.3) is 0 Å². The van der Waals surface area contributed by atoms with Crippen molar-refractivity contribution in [2.45, 2.75) is 63.5 Å². The van der Waals surface area contributed by atoms with Crippen molar-refractivity contribution in [2.75, 3.05) is 5.75 Å². The Bertz CT molecular complexity index is 432. The number of hydrogen-bond donors (Lipinski definition) is 2. The Morgan fingerprint density at radius 3 is 2.30 bits per heavy atom. The molecule has 1 heterocycles. The molecule has 0 spiro atoms. The minimum Gasteiger partial charge on any atom is -0.480 e. The van der Waals surface area contributed by atoms with Crippen LogP contribution in [0, 0.1) is 0 Å². The minimum absolute atomic E-state index is 0.109. The lowest BCUT2D eigenvalue weighted by atomic mass is 10.0. The van der Waals surface area contributed by atoms with Gasteiger partial charge in [-0.1, -0.05) is 0 Å². The Labute approximate surface area is 121 Å². The molecule has 3 atom stereocenters. The Balaban J connectivity index is 2.79. The predicted molar refractivity (Wildman–Crippen MR) is 75.9 cm³/mol. The number of carbonyl (C=O) groups is 2. The van der Waals surface area contributed by atoms with Gasteiger partial charge in [0.15, 0.2) is 0 Å². The molecule has 20 heavy (non-hydrogen) atoms. The zero-order valence-corrected chi connectivity index (χ0v) is 13.4. The highest BCUT2D eigenvalue weighted by molar-refractivity contribution is 7.85. The first kappa shape index (κ1) is 17.1. The highest BCUT2D eigenvalue weighted by Gasteiger charge is 2.49. The Kier molecular flexibility index (Phi) is 4.97. The van der Waals surface area contributed by atoms with Gasteiger partial charge in [0.2, 0.25) is 5.91 Å². The number of nitrogens with one attached hydrogen (secondary N) is 1. The van der Waals surface area contributed by atoms with Crippen LogP contribution in [0.2, 0.25) is 0 Å². The van der Waals surface area contributed by atoms with E-state index in [1.165, 1.54) is 6.92 Å². The molecule has 0 radical (unpaired) electrons. The fraction of sp³-hybridized carbons (Fsp3) is 0.846. The topological polar surface area (TPSA) is 92.7 Å². The quantitative estimate of drug-likeness (QED) is 0.779. The van der Waals surface area contributed by atoms with Crippen LogP contribution in [-0.4, -0.2) is 49.4 Å². The van der Waals surface area contributed by atoms with Crippen molar-refractivity contribution in [3.63, 3.8) is 0 Å². The van der Waals surface area contributed by atoms with Crippen LogP contribution < -0.4 is 5.32 Å². The smallest absolute Gasteiger partial charge is 0.327 e. The Morgan fingerprint density at radius 2 is 1.95 bits per heavy atom. The molecule has 1 aliphatic heterocycles. The lowest BCUT2D eigenvalue weighted by Crippen LogP contribution is -2.46. The number of rotatable bonds is 5. The number of aliphatic carboxylic acids is 1. The molecular weight excluding hydrogens is 282 g/mol. The van der Waals surface area contributed by atoms with Crippen LogP contribution in [0.5, 0.6) is 0 Å². The van der Waals surface area contributed by atoms with Crippen molar-refractivity contribution < 1.29 is 23.6 Å². The van der Waals surface area contributed by atoms with Crippen molar-refractivity contribution in [2.24, 2.45) is 0 Å². The molecule has 1 amide bonds. The molecule has 6 nitrogen and oxygen atoms in total. The summed E-state index contributed by atoms with van der Waals surface area (Å²) < 4.78 is 18.3. The second-order valence-electron chi connectivity index (χ2n) is 6.30. The first-order chi connectivity index (χ1) is 8.94. The largest absolute Gasteiger partial charge is 0.480 e. The third-order valence-corrected chi connectivity index (χ3v) is 5.35. The Morgan fingerprint density at radius 1 is 1.40 bits per heavy atom. The highest BCUT2D eigenvalue weighted by atomic mass is 32.2. The van der Waals surface area contributed by atoms with Gasteiger partial charge in [0, 0.05) is 17.7 Å².